The predicted molar refractivity (Wildman–Crippen MR) is 69.0 cm³/mol. The number of carboxylic acids is 1. The molecule has 0 aliphatic carbocycles. The molecule has 0 aromatic heterocycles. The number of rotatable bonds is 6. The number of hydrogen-bond donors (Lipinski definition) is 2. The minimum Gasteiger partial charge on any atom is -0.481 e. The van der Waals surface area contributed by atoms with Crippen LogP contribution < -0.4 is 5.32 Å². The molecule has 0 saturated carbocycles. The number of amides is 1. The summed E-state index contributed by atoms with van der Waals surface area (Å²) < 4.78 is 0. The molecule has 0 aliphatic heterocycles. The Balaban J connectivity index is 2.73. The Bertz CT molecular complexity index is 401. The number of carbonyl (C=O) groups excluding carboxylic acids is 1. The van der Waals surface area contributed by atoms with Gasteiger partial charge < -0.3 is 10.4 Å². The number of carboxylic acid groups (broad SMARTS) is 1. The Kier molecular flexibility index (Phi) is 5.36. The van der Waals surface area contributed by atoms with Gasteiger partial charge in [0.25, 0.3) is 0 Å². The highest BCUT2D eigenvalue weighted by Gasteiger charge is 2.18. The van der Waals surface area contributed by atoms with E-state index < -0.39 is 12.0 Å². The molecule has 4 heteroatoms. The molecule has 0 heterocycles. The summed E-state index contributed by atoms with van der Waals surface area (Å²) in [6.45, 7) is 3.91. The van der Waals surface area contributed by atoms with Crippen LogP contribution in [0, 0.1) is 5.92 Å². The molecule has 1 aromatic carbocycles. The molecule has 0 spiro atoms. The average Bonchev–Trinajstić information content (AvgIpc) is 2.27. The largest absolute Gasteiger partial charge is 0.481 e. The van der Waals surface area contributed by atoms with E-state index in [-0.39, 0.29) is 18.2 Å². The number of carbonyl (C=O) groups is 2. The summed E-state index contributed by atoms with van der Waals surface area (Å²) in [4.78, 5) is 22.6. The third kappa shape index (κ3) is 4.99. The van der Waals surface area contributed by atoms with Crippen molar-refractivity contribution in [3.8, 4) is 0 Å². The Labute approximate surface area is 107 Å². The van der Waals surface area contributed by atoms with E-state index in [0.29, 0.717) is 6.42 Å². The molecule has 4 nitrogen and oxygen atoms in total. The number of benzene rings is 1. The summed E-state index contributed by atoms with van der Waals surface area (Å²) in [5, 5.41) is 11.7. The van der Waals surface area contributed by atoms with E-state index in [1.807, 2.05) is 44.2 Å². The summed E-state index contributed by atoms with van der Waals surface area (Å²) in [7, 11) is 0. The zero-order valence-corrected chi connectivity index (χ0v) is 10.7. The summed E-state index contributed by atoms with van der Waals surface area (Å²) in [5.41, 5.74) is 0.817. The van der Waals surface area contributed by atoms with Crippen molar-refractivity contribution in [2.24, 2.45) is 5.92 Å². The quantitative estimate of drug-likeness (QED) is 0.813. The molecule has 1 atom stereocenters. The van der Waals surface area contributed by atoms with Gasteiger partial charge in [0.2, 0.25) is 5.91 Å². The Morgan fingerprint density at radius 3 is 2.28 bits per heavy atom. The van der Waals surface area contributed by atoms with Crippen LogP contribution in [0.2, 0.25) is 0 Å². The normalized spacial score (nSPS) is 12.2. The van der Waals surface area contributed by atoms with Crippen molar-refractivity contribution in [3.05, 3.63) is 35.9 Å². The van der Waals surface area contributed by atoms with E-state index in [1.165, 1.54) is 0 Å². The maximum absolute atomic E-state index is 11.7. The van der Waals surface area contributed by atoms with Crippen LogP contribution in [0.4, 0.5) is 0 Å². The molecule has 1 rings (SSSR count). The molecule has 0 fully saturated rings. The first-order chi connectivity index (χ1) is 8.49. The summed E-state index contributed by atoms with van der Waals surface area (Å²) in [5.74, 6) is -0.778. The van der Waals surface area contributed by atoms with Crippen LogP contribution >= 0.6 is 0 Å². The zero-order chi connectivity index (χ0) is 13.5. The van der Waals surface area contributed by atoms with Crippen molar-refractivity contribution < 1.29 is 14.7 Å². The van der Waals surface area contributed by atoms with Crippen molar-refractivity contribution in [3.63, 3.8) is 0 Å². The monoisotopic (exact) mass is 249 g/mol. The Morgan fingerprint density at radius 2 is 1.78 bits per heavy atom. The van der Waals surface area contributed by atoms with Gasteiger partial charge in [-0.2, -0.15) is 0 Å². The minimum absolute atomic E-state index is 0.103. The Hall–Kier alpha value is -1.84. The van der Waals surface area contributed by atoms with E-state index >= 15 is 0 Å². The molecule has 0 radical (unpaired) electrons. The first kappa shape index (κ1) is 14.2. The molecular formula is C14H19NO3. The van der Waals surface area contributed by atoms with Gasteiger partial charge in [-0.05, 0) is 11.5 Å². The fraction of sp³-hybridized carbons (Fsp3) is 0.429. The average molecular weight is 249 g/mol. The first-order valence-electron chi connectivity index (χ1n) is 6.05. The van der Waals surface area contributed by atoms with Crippen LogP contribution in [0.1, 0.15) is 38.3 Å². The van der Waals surface area contributed by atoms with Gasteiger partial charge in [0, 0.05) is 6.42 Å². The maximum atomic E-state index is 11.7. The second kappa shape index (κ2) is 6.79. The fourth-order valence-electron chi connectivity index (χ4n) is 1.74. The Morgan fingerprint density at radius 1 is 1.17 bits per heavy atom. The summed E-state index contributed by atoms with van der Waals surface area (Å²) in [6.07, 6.45) is 0.302. The van der Waals surface area contributed by atoms with Gasteiger partial charge in [0.1, 0.15) is 0 Å². The third-order valence-corrected chi connectivity index (χ3v) is 2.51. The number of nitrogens with one attached hydrogen (secondary N) is 1. The highest BCUT2D eigenvalue weighted by Crippen LogP contribution is 2.17. The van der Waals surface area contributed by atoms with Crippen LogP contribution in [0.3, 0.4) is 0 Å². The van der Waals surface area contributed by atoms with E-state index in [1.54, 1.807) is 0 Å². The maximum Gasteiger partial charge on any atom is 0.305 e. The molecule has 18 heavy (non-hydrogen) atoms. The standard InChI is InChI=1S/C14H19NO3/c1-10(2)8-13(16)15-12(9-14(17)18)11-6-4-3-5-7-11/h3-7,10,12H,8-9H2,1-2H3,(H,15,16)(H,17,18). The molecule has 98 valence electrons. The topological polar surface area (TPSA) is 66.4 Å². The van der Waals surface area contributed by atoms with Gasteiger partial charge in [-0.1, -0.05) is 44.2 Å². The van der Waals surface area contributed by atoms with Crippen molar-refractivity contribution in [2.45, 2.75) is 32.7 Å². The SMILES string of the molecule is CC(C)CC(=O)NC(CC(=O)O)c1ccccc1. The van der Waals surface area contributed by atoms with Crippen LogP contribution in [0.15, 0.2) is 30.3 Å². The van der Waals surface area contributed by atoms with Crippen LogP contribution in [-0.2, 0) is 9.59 Å². The molecule has 0 saturated heterocycles. The second-order valence-electron chi connectivity index (χ2n) is 4.73. The van der Waals surface area contributed by atoms with Gasteiger partial charge >= 0.3 is 5.97 Å². The third-order valence-electron chi connectivity index (χ3n) is 2.51. The highest BCUT2D eigenvalue weighted by molar-refractivity contribution is 5.77. The summed E-state index contributed by atoms with van der Waals surface area (Å²) in [6, 6.07) is 8.71. The molecule has 2 N–H and O–H groups in total. The van der Waals surface area contributed by atoms with Crippen molar-refractivity contribution in [1.29, 1.82) is 0 Å². The van der Waals surface area contributed by atoms with E-state index in [0.717, 1.165) is 5.56 Å². The molecule has 1 amide bonds. The van der Waals surface area contributed by atoms with E-state index in [9.17, 15) is 9.59 Å². The van der Waals surface area contributed by atoms with Crippen molar-refractivity contribution in [2.75, 3.05) is 0 Å². The lowest BCUT2D eigenvalue weighted by atomic mass is 10.0. The highest BCUT2D eigenvalue weighted by atomic mass is 16.4. The van der Waals surface area contributed by atoms with Gasteiger partial charge in [0.15, 0.2) is 0 Å². The molecule has 1 aromatic rings. The minimum atomic E-state index is -0.922. The zero-order valence-electron chi connectivity index (χ0n) is 10.7. The smallest absolute Gasteiger partial charge is 0.305 e. The lowest BCUT2D eigenvalue weighted by Gasteiger charge is -2.18. The van der Waals surface area contributed by atoms with Crippen LogP contribution in [0.25, 0.3) is 0 Å². The fourth-order valence-corrected chi connectivity index (χ4v) is 1.74. The van der Waals surface area contributed by atoms with Gasteiger partial charge in [0.05, 0.1) is 12.5 Å². The van der Waals surface area contributed by atoms with Gasteiger partial charge in [-0.3, -0.25) is 9.59 Å². The van der Waals surface area contributed by atoms with E-state index in [2.05, 4.69) is 5.32 Å². The number of hydrogen-bond acceptors (Lipinski definition) is 2. The predicted octanol–water partition coefficient (Wildman–Crippen LogP) is 2.36. The van der Waals surface area contributed by atoms with E-state index in [4.69, 9.17) is 5.11 Å². The second-order valence-corrected chi connectivity index (χ2v) is 4.73. The first-order valence-corrected chi connectivity index (χ1v) is 6.05. The van der Waals surface area contributed by atoms with Crippen molar-refractivity contribution in [1.82, 2.24) is 5.32 Å². The molecule has 0 bridgehead atoms. The molecule has 0 aliphatic rings. The molecule has 1 unspecified atom stereocenters. The van der Waals surface area contributed by atoms with Gasteiger partial charge in [-0.25, -0.2) is 0 Å². The van der Waals surface area contributed by atoms with Crippen molar-refractivity contribution >= 4 is 11.9 Å². The molecular weight excluding hydrogens is 230 g/mol. The lowest BCUT2D eigenvalue weighted by Crippen LogP contribution is -2.30. The van der Waals surface area contributed by atoms with Crippen LogP contribution in [0.5, 0.6) is 0 Å². The lowest BCUT2D eigenvalue weighted by molar-refractivity contribution is -0.137. The van der Waals surface area contributed by atoms with Gasteiger partial charge in [-0.15, -0.1) is 0 Å². The van der Waals surface area contributed by atoms with Crippen LogP contribution in [-0.4, -0.2) is 17.0 Å². The number of aliphatic carboxylic acids is 1. The summed E-state index contributed by atoms with van der Waals surface area (Å²) >= 11 is 0.